The zero-order chi connectivity index (χ0) is 18.4. The van der Waals surface area contributed by atoms with Crippen LogP contribution in [0.3, 0.4) is 0 Å². The van der Waals surface area contributed by atoms with E-state index in [1.165, 1.54) is 0 Å². The standard InChI is InChI=1S/C19H27N5O2.2ClH/c1-3-11-24-18(8-9-21-24)22-19(25)14-23-12-10-20-13-16(23)15-6-4-5-7-17(15)26-2;;/h4-9,16,20H,3,10-14H2,1-2H3,(H,22,25);2*1H. The molecule has 28 heavy (non-hydrogen) atoms. The van der Waals surface area contributed by atoms with Crippen molar-refractivity contribution in [1.29, 1.82) is 0 Å². The fourth-order valence-corrected chi connectivity index (χ4v) is 3.38. The highest BCUT2D eigenvalue weighted by Gasteiger charge is 2.27. The van der Waals surface area contributed by atoms with Gasteiger partial charge in [-0.1, -0.05) is 25.1 Å². The Kier molecular flexibility index (Phi) is 10.3. The molecule has 9 heteroatoms. The van der Waals surface area contributed by atoms with E-state index in [-0.39, 0.29) is 36.8 Å². The summed E-state index contributed by atoms with van der Waals surface area (Å²) < 4.78 is 7.34. The molecule has 2 heterocycles. The highest BCUT2D eigenvalue weighted by molar-refractivity contribution is 5.91. The van der Waals surface area contributed by atoms with Gasteiger partial charge in [-0.3, -0.25) is 9.69 Å². The van der Waals surface area contributed by atoms with Crippen LogP contribution in [0.5, 0.6) is 5.75 Å². The number of benzene rings is 1. The average Bonchev–Trinajstić information content (AvgIpc) is 3.09. The summed E-state index contributed by atoms with van der Waals surface area (Å²) in [7, 11) is 1.68. The van der Waals surface area contributed by atoms with Gasteiger partial charge in [-0.05, 0) is 12.5 Å². The van der Waals surface area contributed by atoms with Gasteiger partial charge in [0.25, 0.3) is 0 Å². The van der Waals surface area contributed by atoms with Crippen LogP contribution >= 0.6 is 24.8 Å². The summed E-state index contributed by atoms with van der Waals surface area (Å²) in [6.07, 6.45) is 2.69. The average molecular weight is 430 g/mol. The van der Waals surface area contributed by atoms with Gasteiger partial charge in [-0.15, -0.1) is 24.8 Å². The van der Waals surface area contributed by atoms with Crippen LogP contribution in [0, 0.1) is 0 Å². The van der Waals surface area contributed by atoms with E-state index in [1.54, 1.807) is 13.3 Å². The third-order valence-electron chi connectivity index (χ3n) is 4.62. The smallest absolute Gasteiger partial charge is 0.239 e. The summed E-state index contributed by atoms with van der Waals surface area (Å²) in [6.45, 7) is 5.69. The molecule has 1 aliphatic rings. The van der Waals surface area contributed by atoms with Gasteiger partial charge < -0.3 is 15.4 Å². The number of nitrogens with one attached hydrogen (secondary N) is 2. The molecule has 0 saturated carbocycles. The molecule has 0 aliphatic carbocycles. The number of para-hydroxylation sites is 1. The van der Waals surface area contributed by atoms with E-state index in [4.69, 9.17) is 4.74 Å². The molecule has 1 aliphatic heterocycles. The molecule has 1 unspecified atom stereocenters. The number of anilines is 1. The Balaban J connectivity index is 0.00000196. The first kappa shape index (κ1) is 24.2. The molecule has 1 fully saturated rings. The maximum absolute atomic E-state index is 12.6. The van der Waals surface area contributed by atoms with Crippen LogP contribution in [-0.2, 0) is 11.3 Å². The summed E-state index contributed by atoms with van der Waals surface area (Å²) in [4.78, 5) is 14.8. The highest BCUT2D eigenvalue weighted by atomic mass is 35.5. The summed E-state index contributed by atoms with van der Waals surface area (Å²) in [5.41, 5.74) is 1.10. The number of hydrogen-bond donors (Lipinski definition) is 2. The second kappa shape index (κ2) is 11.9. The van der Waals surface area contributed by atoms with Crippen LogP contribution in [0.1, 0.15) is 24.9 Å². The van der Waals surface area contributed by atoms with Gasteiger partial charge in [0.2, 0.25) is 5.91 Å². The van der Waals surface area contributed by atoms with E-state index in [0.29, 0.717) is 6.54 Å². The zero-order valence-electron chi connectivity index (χ0n) is 16.3. The molecule has 156 valence electrons. The van der Waals surface area contributed by atoms with E-state index in [9.17, 15) is 4.79 Å². The van der Waals surface area contributed by atoms with E-state index < -0.39 is 0 Å². The largest absolute Gasteiger partial charge is 0.496 e. The Hall–Kier alpha value is -1.80. The van der Waals surface area contributed by atoms with Crippen LogP contribution in [0.15, 0.2) is 36.5 Å². The molecule has 0 radical (unpaired) electrons. The monoisotopic (exact) mass is 429 g/mol. The lowest BCUT2D eigenvalue weighted by molar-refractivity contribution is -0.118. The predicted molar refractivity (Wildman–Crippen MR) is 116 cm³/mol. The van der Waals surface area contributed by atoms with Crippen LogP contribution in [-0.4, -0.2) is 53.9 Å². The van der Waals surface area contributed by atoms with Gasteiger partial charge in [-0.25, -0.2) is 4.68 Å². The first-order chi connectivity index (χ1) is 12.7. The number of carbonyl (C=O) groups is 1. The molecule has 3 rings (SSSR count). The highest BCUT2D eigenvalue weighted by Crippen LogP contribution is 2.29. The lowest BCUT2D eigenvalue weighted by Gasteiger charge is -2.36. The van der Waals surface area contributed by atoms with Crippen LogP contribution in [0.25, 0.3) is 0 Å². The molecule has 2 aromatic rings. The van der Waals surface area contributed by atoms with E-state index in [1.807, 2.05) is 28.9 Å². The topological polar surface area (TPSA) is 71.4 Å². The molecule has 1 saturated heterocycles. The summed E-state index contributed by atoms with van der Waals surface area (Å²) in [5.74, 6) is 1.58. The normalized spacial score (nSPS) is 16.6. The minimum atomic E-state index is -0.0235. The third-order valence-corrected chi connectivity index (χ3v) is 4.62. The number of nitrogens with zero attached hydrogens (tertiary/aromatic N) is 3. The Labute approximate surface area is 178 Å². The number of hydrogen-bond acceptors (Lipinski definition) is 5. The number of aryl methyl sites for hydroxylation is 1. The summed E-state index contributed by atoms with van der Waals surface area (Å²) in [5, 5.41) is 10.7. The fourth-order valence-electron chi connectivity index (χ4n) is 3.38. The fraction of sp³-hybridized carbons (Fsp3) is 0.474. The lowest BCUT2D eigenvalue weighted by atomic mass is 10.0. The second-order valence-corrected chi connectivity index (χ2v) is 6.42. The van der Waals surface area contributed by atoms with Gasteiger partial charge in [0, 0.05) is 37.8 Å². The quantitative estimate of drug-likeness (QED) is 0.707. The SMILES string of the molecule is CCCn1nccc1NC(=O)CN1CCNCC1c1ccccc1OC.Cl.Cl. The molecule has 7 nitrogen and oxygen atoms in total. The number of halogens is 2. The number of amides is 1. The van der Waals surface area contributed by atoms with E-state index in [2.05, 4.69) is 33.6 Å². The van der Waals surface area contributed by atoms with Gasteiger partial charge in [0.15, 0.2) is 0 Å². The van der Waals surface area contributed by atoms with Crippen molar-refractivity contribution in [1.82, 2.24) is 20.0 Å². The number of carbonyl (C=O) groups excluding carboxylic acids is 1. The maximum Gasteiger partial charge on any atom is 0.239 e. The number of rotatable bonds is 7. The molecular weight excluding hydrogens is 401 g/mol. The van der Waals surface area contributed by atoms with Crippen molar-refractivity contribution in [2.45, 2.75) is 25.9 Å². The number of ether oxygens (including phenoxy) is 1. The van der Waals surface area contributed by atoms with Crippen molar-refractivity contribution in [2.24, 2.45) is 0 Å². The van der Waals surface area contributed by atoms with E-state index >= 15 is 0 Å². The van der Waals surface area contributed by atoms with Crippen molar-refractivity contribution in [2.75, 3.05) is 38.6 Å². The van der Waals surface area contributed by atoms with Crippen molar-refractivity contribution in [3.8, 4) is 5.75 Å². The van der Waals surface area contributed by atoms with Gasteiger partial charge in [0.05, 0.1) is 25.9 Å². The predicted octanol–water partition coefficient (Wildman–Crippen LogP) is 2.73. The molecule has 0 spiro atoms. The van der Waals surface area contributed by atoms with Crippen LogP contribution in [0.4, 0.5) is 5.82 Å². The first-order valence-corrected chi connectivity index (χ1v) is 9.12. The molecule has 0 bridgehead atoms. The zero-order valence-corrected chi connectivity index (χ0v) is 17.9. The van der Waals surface area contributed by atoms with Crippen molar-refractivity contribution >= 4 is 36.5 Å². The van der Waals surface area contributed by atoms with Crippen LogP contribution in [0.2, 0.25) is 0 Å². The lowest BCUT2D eigenvalue weighted by Crippen LogP contribution is -2.48. The van der Waals surface area contributed by atoms with Crippen molar-refractivity contribution < 1.29 is 9.53 Å². The second-order valence-electron chi connectivity index (χ2n) is 6.42. The number of aromatic nitrogens is 2. The van der Waals surface area contributed by atoms with Crippen molar-refractivity contribution in [3.63, 3.8) is 0 Å². The molecule has 2 N–H and O–H groups in total. The number of methoxy groups -OCH3 is 1. The third kappa shape index (κ3) is 5.85. The minimum Gasteiger partial charge on any atom is -0.496 e. The Morgan fingerprint density at radius 2 is 2.11 bits per heavy atom. The molecule has 1 amide bonds. The minimum absolute atomic E-state index is 0. The maximum atomic E-state index is 12.6. The van der Waals surface area contributed by atoms with E-state index in [0.717, 1.165) is 49.7 Å². The van der Waals surface area contributed by atoms with Crippen LogP contribution < -0.4 is 15.4 Å². The summed E-state index contributed by atoms with van der Waals surface area (Å²) in [6, 6.07) is 9.94. The molecule has 1 aromatic carbocycles. The Bertz CT molecular complexity index is 741. The first-order valence-electron chi connectivity index (χ1n) is 9.12. The molecule has 1 aromatic heterocycles. The van der Waals surface area contributed by atoms with Gasteiger partial charge in [0.1, 0.15) is 11.6 Å². The number of piperazine rings is 1. The Morgan fingerprint density at radius 1 is 1.32 bits per heavy atom. The molecular formula is C19H29Cl2N5O2. The van der Waals surface area contributed by atoms with Gasteiger partial charge >= 0.3 is 0 Å². The van der Waals surface area contributed by atoms with Gasteiger partial charge in [-0.2, -0.15) is 5.10 Å². The summed E-state index contributed by atoms with van der Waals surface area (Å²) >= 11 is 0. The molecule has 1 atom stereocenters. The van der Waals surface area contributed by atoms with Crippen molar-refractivity contribution in [3.05, 3.63) is 42.1 Å². The Morgan fingerprint density at radius 3 is 2.86 bits per heavy atom.